The van der Waals surface area contributed by atoms with Crippen LogP contribution < -0.4 is 10.2 Å². The Kier molecular flexibility index (Phi) is 6.08. The Hall–Kier alpha value is -1.88. The standard InChI is InChI=1S/C20H29N3O2/c1-16-6-2-3-13-22(16)14-5-12-21-20(25)17-8-10-18(11-9-17)23-15-4-7-19(23)24/h8-11,16H,2-7,12-15H2,1H3,(H,21,25)/t16-/m1/s1. The first kappa shape index (κ1) is 17.9. The highest BCUT2D eigenvalue weighted by Gasteiger charge is 2.21. The van der Waals surface area contributed by atoms with Crippen LogP contribution in [0.4, 0.5) is 5.69 Å². The molecule has 2 heterocycles. The molecule has 5 heteroatoms. The molecule has 2 fully saturated rings. The number of rotatable bonds is 6. The Morgan fingerprint density at radius 2 is 1.96 bits per heavy atom. The lowest BCUT2D eigenvalue weighted by Crippen LogP contribution is -2.39. The molecular weight excluding hydrogens is 314 g/mol. The van der Waals surface area contributed by atoms with Crippen molar-refractivity contribution in [1.82, 2.24) is 10.2 Å². The summed E-state index contributed by atoms with van der Waals surface area (Å²) in [4.78, 5) is 28.3. The molecule has 0 radical (unpaired) electrons. The molecule has 25 heavy (non-hydrogen) atoms. The quantitative estimate of drug-likeness (QED) is 0.808. The van der Waals surface area contributed by atoms with Crippen molar-refractivity contribution in [2.45, 2.75) is 51.5 Å². The monoisotopic (exact) mass is 343 g/mol. The van der Waals surface area contributed by atoms with E-state index in [0.717, 1.165) is 31.6 Å². The van der Waals surface area contributed by atoms with Crippen LogP contribution in [0.5, 0.6) is 0 Å². The molecule has 2 amide bonds. The maximum atomic E-state index is 12.3. The molecule has 0 aromatic heterocycles. The first-order valence-corrected chi connectivity index (χ1v) is 9.58. The van der Waals surface area contributed by atoms with Crippen LogP contribution >= 0.6 is 0 Å². The first-order valence-electron chi connectivity index (χ1n) is 9.58. The van der Waals surface area contributed by atoms with Gasteiger partial charge in [-0.3, -0.25) is 9.59 Å². The van der Waals surface area contributed by atoms with E-state index in [0.29, 0.717) is 24.6 Å². The maximum Gasteiger partial charge on any atom is 0.251 e. The molecule has 0 aliphatic carbocycles. The van der Waals surface area contributed by atoms with Gasteiger partial charge in [-0.25, -0.2) is 0 Å². The molecule has 1 aromatic rings. The van der Waals surface area contributed by atoms with Gasteiger partial charge in [0.1, 0.15) is 0 Å². The summed E-state index contributed by atoms with van der Waals surface area (Å²) in [6.07, 6.45) is 6.44. The molecule has 0 unspecified atom stereocenters. The molecule has 1 N–H and O–H groups in total. The van der Waals surface area contributed by atoms with Crippen LogP contribution in [0.25, 0.3) is 0 Å². The van der Waals surface area contributed by atoms with Crippen LogP contribution in [0.15, 0.2) is 24.3 Å². The van der Waals surface area contributed by atoms with Crippen molar-refractivity contribution in [2.24, 2.45) is 0 Å². The van der Waals surface area contributed by atoms with Gasteiger partial charge in [-0.15, -0.1) is 0 Å². The number of amides is 2. The van der Waals surface area contributed by atoms with Gasteiger partial charge in [0.15, 0.2) is 0 Å². The van der Waals surface area contributed by atoms with E-state index in [1.54, 1.807) is 4.90 Å². The van der Waals surface area contributed by atoms with Crippen LogP contribution in [0.1, 0.15) is 55.8 Å². The van der Waals surface area contributed by atoms with E-state index >= 15 is 0 Å². The van der Waals surface area contributed by atoms with Crippen molar-refractivity contribution < 1.29 is 9.59 Å². The minimum atomic E-state index is -0.0361. The molecule has 2 aliphatic rings. The molecule has 0 bridgehead atoms. The lowest BCUT2D eigenvalue weighted by molar-refractivity contribution is -0.117. The SMILES string of the molecule is C[C@@H]1CCCCN1CCCNC(=O)c1ccc(N2CCCC2=O)cc1. The fourth-order valence-electron chi connectivity index (χ4n) is 3.79. The van der Waals surface area contributed by atoms with Gasteiger partial charge in [0.25, 0.3) is 5.91 Å². The Balaban J connectivity index is 1.43. The lowest BCUT2D eigenvalue weighted by atomic mass is 10.0. The Bertz CT molecular complexity index is 599. The summed E-state index contributed by atoms with van der Waals surface area (Å²) in [6, 6.07) is 8.03. The highest BCUT2D eigenvalue weighted by atomic mass is 16.2. The highest BCUT2D eigenvalue weighted by Crippen LogP contribution is 2.21. The predicted molar refractivity (Wildman–Crippen MR) is 99.9 cm³/mol. The number of nitrogens with zero attached hydrogens (tertiary/aromatic N) is 2. The van der Waals surface area contributed by atoms with Crippen LogP contribution in [0, 0.1) is 0 Å². The average Bonchev–Trinajstić information content (AvgIpc) is 3.06. The second kappa shape index (κ2) is 8.48. The summed E-state index contributed by atoms with van der Waals surface area (Å²) < 4.78 is 0. The first-order chi connectivity index (χ1) is 12.1. The van der Waals surface area contributed by atoms with Gasteiger partial charge in [-0.05, 0) is 63.4 Å². The maximum absolute atomic E-state index is 12.3. The topological polar surface area (TPSA) is 52.7 Å². The predicted octanol–water partition coefficient (Wildman–Crippen LogP) is 2.81. The van der Waals surface area contributed by atoms with Crippen molar-refractivity contribution in [3.8, 4) is 0 Å². The van der Waals surface area contributed by atoms with Gasteiger partial charge in [0.2, 0.25) is 5.91 Å². The second-order valence-corrected chi connectivity index (χ2v) is 7.19. The Morgan fingerprint density at radius 1 is 1.16 bits per heavy atom. The summed E-state index contributed by atoms with van der Waals surface area (Å²) in [5.41, 5.74) is 1.54. The summed E-state index contributed by atoms with van der Waals surface area (Å²) in [6.45, 7) is 6.02. The molecule has 136 valence electrons. The van der Waals surface area contributed by atoms with E-state index < -0.39 is 0 Å². The van der Waals surface area contributed by atoms with Crippen LogP contribution in [0.2, 0.25) is 0 Å². The zero-order valence-corrected chi connectivity index (χ0v) is 15.2. The van der Waals surface area contributed by atoms with Crippen molar-refractivity contribution in [3.05, 3.63) is 29.8 Å². The normalized spacial score (nSPS) is 21.6. The summed E-state index contributed by atoms with van der Waals surface area (Å²) in [5.74, 6) is 0.134. The smallest absolute Gasteiger partial charge is 0.251 e. The fraction of sp³-hybridized carbons (Fsp3) is 0.600. The molecule has 1 atom stereocenters. The third-order valence-corrected chi connectivity index (χ3v) is 5.36. The molecular formula is C20H29N3O2. The van der Waals surface area contributed by atoms with Crippen molar-refractivity contribution >= 4 is 17.5 Å². The van der Waals surface area contributed by atoms with Crippen molar-refractivity contribution in [1.29, 1.82) is 0 Å². The molecule has 2 saturated heterocycles. The fourth-order valence-corrected chi connectivity index (χ4v) is 3.79. The minimum Gasteiger partial charge on any atom is -0.352 e. The van der Waals surface area contributed by atoms with Gasteiger partial charge in [0, 0.05) is 43.3 Å². The molecule has 5 nitrogen and oxygen atoms in total. The number of carbonyl (C=O) groups excluding carboxylic acids is 2. The molecule has 0 spiro atoms. The molecule has 3 rings (SSSR count). The van der Waals surface area contributed by atoms with Crippen LogP contribution in [0.3, 0.4) is 0 Å². The lowest BCUT2D eigenvalue weighted by Gasteiger charge is -2.33. The number of likely N-dealkylation sites (tertiary alicyclic amines) is 1. The van der Waals surface area contributed by atoms with Crippen molar-refractivity contribution in [2.75, 3.05) is 31.1 Å². The van der Waals surface area contributed by atoms with E-state index in [9.17, 15) is 9.59 Å². The van der Waals surface area contributed by atoms with Gasteiger partial charge in [-0.2, -0.15) is 0 Å². The van der Waals surface area contributed by atoms with Crippen LogP contribution in [-0.2, 0) is 4.79 Å². The number of nitrogens with one attached hydrogen (secondary N) is 1. The van der Waals surface area contributed by atoms with E-state index in [2.05, 4.69) is 17.1 Å². The molecule has 2 aliphatic heterocycles. The second-order valence-electron chi connectivity index (χ2n) is 7.19. The third-order valence-electron chi connectivity index (χ3n) is 5.36. The van der Waals surface area contributed by atoms with Gasteiger partial charge < -0.3 is 15.1 Å². The number of carbonyl (C=O) groups is 2. The Labute approximate surface area is 150 Å². The number of hydrogen-bond acceptors (Lipinski definition) is 3. The van der Waals surface area contributed by atoms with Gasteiger partial charge in [0.05, 0.1) is 0 Å². The summed E-state index contributed by atoms with van der Waals surface area (Å²) >= 11 is 0. The van der Waals surface area contributed by atoms with Crippen molar-refractivity contribution in [3.63, 3.8) is 0 Å². The molecule has 0 saturated carbocycles. The third kappa shape index (κ3) is 4.60. The van der Waals surface area contributed by atoms with Gasteiger partial charge in [-0.1, -0.05) is 6.42 Å². The highest BCUT2D eigenvalue weighted by molar-refractivity contribution is 5.97. The summed E-state index contributed by atoms with van der Waals surface area (Å²) in [7, 11) is 0. The zero-order valence-electron chi connectivity index (χ0n) is 15.2. The number of anilines is 1. The number of benzene rings is 1. The number of hydrogen-bond donors (Lipinski definition) is 1. The van der Waals surface area contributed by atoms with Gasteiger partial charge >= 0.3 is 0 Å². The van der Waals surface area contributed by atoms with E-state index in [1.165, 1.54) is 25.8 Å². The number of piperidine rings is 1. The minimum absolute atomic E-state index is 0.0361. The average molecular weight is 343 g/mol. The molecule has 1 aromatic carbocycles. The van der Waals surface area contributed by atoms with E-state index in [-0.39, 0.29) is 11.8 Å². The Morgan fingerprint density at radius 3 is 2.64 bits per heavy atom. The van der Waals surface area contributed by atoms with E-state index in [4.69, 9.17) is 0 Å². The largest absolute Gasteiger partial charge is 0.352 e. The van der Waals surface area contributed by atoms with Crippen LogP contribution in [-0.4, -0.2) is 48.9 Å². The zero-order chi connectivity index (χ0) is 17.6. The van der Waals surface area contributed by atoms with E-state index in [1.807, 2.05) is 24.3 Å². The summed E-state index contributed by atoms with van der Waals surface area (Å²) in [5, 5.41) is 3.01.